The number of aliphatic hydroxyl groups is 1. The highest BCUT2D eigenvalue weighted by molar-refractivity contribution is 6.30. The molecule has 0 bridgehead atoms. The number of carbonyl (C=O) groups is 3. The van der Waals surface area contributed by atoms with Crippen molar-refractivity contribution in [2.24, 2.45) is 0 Å². The van der Waals surface area contributed by atoms with Crippen molar-refractivity contribution < 1.29 is 28.3 Å². The highest BCUT2D eigenvalue weighted by Gasteiger charge is 2.50. The summed E-state index contributed by atoms with van der Waals surface area (Å²) in [6, 6.07) is 9.92. The molecule has 0 saturated carbocycles. The first-order valence-corrected chi connectivity index (χ1v) is 10.8. The highest BCUT2D eigenvalue weighted by Crippen LogP contribution is 2.32. The molecule has 1 aliphatic rings. The third kappa shape index (κ3) is 4.57. The zero-order valence-corrected chi connectivity index (χ0v) is 18.8. The Morgan fingerprint density at radius 2 is 1.97 bits per heavy atom. The number of fused-ring (bicyclic) bond motifs is 1. The fraction of sp³-hybridized carbons (Fsp3) is 0.250. The number of halogens is 2. The van der Waals surface area contributed by atoms with E-state index < -0.39 is 34.6 Å². The number of hydrogen-bond donors (Lipinski definition) is 2. The molecule has 176 valence electrons. The van der Waals surface area contributed by atoms with E-state index in [0.29, 0.717) is 16.6 Å². The number of nitrogens with zero attached hydrogens (tertiary/aromatic N) is 1. The molecule has 1 aliphatic heterocycles. The number of anilines is 2. The van der Waals surface area contributed by atoms with Crippen molar-refractivity contribution >= 4 is 51.5 Å². The minimum Gasteiger partial charge on any atom is -0.421 e. The van der Waals surface area contributed by atoms with E-state index in [1.807, 2.05) is 0 Å². The van der Waals surface area contributed by atoms with Crippen LogP contribution < -0.4 is 15.8 Å². The van der Waals surface area contributed by atoms with Gasteiger partial charge in [0.15, 0.2) is 5.78 Å². The second-order valence-corrected chi connectivity index (χ2v) is 8.56. The average molecular weight is 487 g/mol. The molecule has 1 saturated heterocycles. The molecule has 8 nitrogen and oxygen atoms in total. The first-order chi connectivity index (χ1) is 16.1. The Morgan fingerprint density at radius 1 is 1.21 bits per heavy atom. The SMILES string of the molecule is CC(=O)Nc1cc2cc(N3CCC(O)(C(=O)CCc4cc(F)cc(Cl)c4)C3=O)ccc2oc1=O. The minimum absolute atomic E-state index is 0.0472. The number of nitrogens with one attached hydrogen (secondary N) is 1. The summed E-state index contributed by atoms with van der Waals surface area (Å²) in [4.78, 5) is 50.4. The van der Waals surface area contributed by atoms with Crippen LogP contribution in [0.3, 0.4) is 0 Å². The summed E-state index contributed by atoms with van der Waals surface area (Å²) in [5.41, 5.74) is -1.84. The molecule has 1 aromatic heterocycles. The maximum absolute atomic E-state index is 13.5. The van der Waals surface area contributed by atoms with Crippen LogP contribution in [0.15, 0.2) is 51.7 Å². The van der Waals surface area contributed by atoms with Crippen LogP contribution in [0.4, 0.5) is 15.8 Å². The van der Waals surface area contributed by atoms with Crippen LogP contribution in [0.2, 0.25) is 5.02 Å². The van der Waals surface area contributed by atoms with Crippen LogP contribution >= 0.6 is 11.6 Å². The van der Waals surface area contributed by atoms with Gasteiger partial charge in [-0.3, -0.25) is 14.4 Å². The van der Waals surface area contributed by atoms with Crippen molar-refractivity contribution in [3.05, 3.63) is 69.3 Å². The van der Waals surface area contributed by atoms with Gasteiger partial charge in [0.2, 0.25) is 11.5 Å². The third-order valence-corrected chi connectivity index (χ3v) is 5.88. The molecule has 0 aliphatic carbocycles. The van der Waals surface area contributed by atoms with Gasteiger partial charge in [0.05, 0.1) is 0 Å². The fourth-order valence-corrected chi connectivity index (χ4v) is 4.23. The van der Waals surface area contributed by atoms with Gasteiger partial charge >= 0.3 is 5.63 Å². The predicted octanol–water partition coefficient (Wildman–Crippen LogP) is 3.21. The summed E-state index contributed by atoms with van der Waals surface area (Å²) in [6.45, 7) is 1.34. The number of benzene rings is 2. The Labute approximate surface area is 197 Å². The normalized spacial score (nSPS) is 17.9. The molecule has 1 atom stereocenters. The molecule has 10 heteroatoms. The quantitative estimate of drug-likeness (QED) is 0.408. The summed E-state index contributed by atoms with van der Waals surface area (Å²) in [5.74, 6) is -2.42. The molecular formula is C24H20ClFN2O6. The van der Waals surface area contributed by atoms with Crippen molar-refractivity contribution in [3.63, 3.8) is 0 Å². The number of Topliss-reactive ketones (excluding diaryl/α,β-unsaturated/α-hetero) is 1. The molecular weight excluding hydrogens is 467 g/mol. The van der Waals surface area contributed by atoms with Crippen LogP contribution in [0.5, 0.6) is 0 Å². The lowest BCUT2D eigenvalue weighted by atomic mass is 9.92. The smallest absolute Gasteiger partial charge is 0.360 e. The Morgan fingerprint density at radius 3 is 2.68 bits per heavy atom. The summed E-state index contributed by atoms with van der Waals surface area (Å²) >= 11 is 5.83. The van der Waals surface area contributed by atoms with Crippen molar-refractivity contribution in [1.29, 1.82) is 0 Å². The van der Waals surface area contributed by atoms with Gasteiger partial charge in [-0.05, 0) is 54.4 Å². The average Bonchev–Trinajstić information content (AvgIpc) is 3.07. The fourth-order valence-electron chi connectivity index (χ4n) is 3.99. The van der Waals surface area contributed by atoms with E-state index in [1.54, 1.807) is 6.07 Å². The highest BCUT2D eigenvalue weighted by atomic mass is 35.5. The maximum Gasteiger partial charge on any atom is 0.360 e. The lowest BCUT2D eigenvalue weighted by Crippen LogP contribution is -2.47. The largest absolute Gasteiger partial charge is 0.421 e. The number of ketones is 1. The standard InChI is InChI=1S/C24H20ClFN2O6/c1-13(29)27-19-11-15-10-18(3-4-20(15)34-22(19)31)28-7-6-24(33,23(28)32)21(30)5-2-14-8-16(25)12-17(26)9-14/h3-4,8-12,33H,2,5-7H2,1H3,(H,27,29). The number of hydrogen-bond acceptors (Lipinski definition) is 6. The van der Waals surface area contributed by atoms with Crippen molar-refractivity contribution in [2.75, 3.05) is 16.8 Å². The van der Waals surface area contributed by atoms with Crippen molar-refractivity contribution in [1.82, 2.24) is 0 Å². The van der Waals surface area contributed by atoms with Gasteiger partial charge in [-0.2, -0.15) is 0 Å². The monoisotopic (exact) mass is 486 g/mol. The first kappa shape index (κ1) is 23.6. The molecule has 4 rings (SSSR count). The summed E-state index contributed by atoms with van der Waals surface area (Å²) < 4.78 is 18.7. The van der Waals surface area contributed by atoms with E-state index in [1.165, 1.54) is 42.2 Å². The van der Waals surface area contributed by atoms with E-state index in [-0.39, 0.29) is 42.1 Å². The van der Waals surface area contributed by atoms with E-state index in [4.69, 9.17) is 16.0 Å². The first-order valence-electron chi connectivity index (χ1n) is 10.4. The van der Waals surface area contributed by atoms with E-state index in [0.717, 1.165) is 6.07 Å². The molecule has 2 N–H and O–H groups in total. The maximum atomic E-state index is 13.5. The van der Waals surface area contributed by atoms with Crippen LogP contribution in [0.25, 0.3) is 11.0 Å². The van der Waals surface area contributed by atoms with Gasteiger partial charge in [0, 0.05) is 42.4 Å². The number of aryl methyl sites for hydroxylation is 1. The molecule has 2 aromatic carbocycles. The van der Waals surface area contributed by atoms with Gasteiger partial charge in [0.1, 0.15) is 17.1 Å². The van der Waals surface area contributed by atoms with Crippen LogP contribution in [0.1, 0.15) is 25.3 Å². The Kier molecular flexibility index (Phi) is 6.24. The molecule has 0 radical (unpaired) electrons. The number of amides is 2. The number of rotatable bonds is 6. The van der Waals surface area contributed by atoms with Gasteiger partial charge in [-0.1, -0.05) is 11.6 Å². The van der Waals surface area contributed by atoms with E-state index in [9.17, 15) is 28.7 Å². The molecule has 1 unspecified atom stereocenters. The van der Waals surface area contributed by atoms with Crippen molar-refractivity contribution in [2.45, 2.75) is 31.8 Å². The zero-order chi connectivity index (χ0) is 24.6. The van der Waals surface area contributed by atoms with Gasteiger partial charge in [0.25, 0.3) is 5.91 Å². The van der Waals surface area contributed by atoms with Gasteiger partial charge in [-0.25, -0.2) is 9.18 Å². The minimum atomic E-state index is -2.20. The van der Waals surface area contributed by atoms with Gasteiger partial charge in [-0.15, -0.1) is 0 Å². The number of carbonyl (C=O) groups excluding carboxylic acids is 3. The van der Waals surface area contributed by atoms with Gasteiger partial charge < -0.3 is 19.7 Å². The predicted molar refractivity (Wildman–Crippen MR) is 123 cm³/mol. The second kappa shape index (κ2) is 9.00. The molecule has 3 aromatic rings. The molecule has 0 spiro atoms. The molecule has 2 heterocycles. The third-order valence-electron chi connectivity index (χ3n) is 5.66. The summed E-state index contributed by atoms with van der Waals surface area (Å²) in [5, 5.41) is 13.9. The molecule has 34 heavy (non-hydrogen) atoms. The summed E-state index contributed by atoms with van der Waals surface area (Å²) in [7, 11) is 0. The zero-order valence-electron chi connectivity index (χ0n) is 18.1. The Bertz CT molecular complexity index is 1370. The van der Waals surface area contributed by atoms with E-state index in [2.05, 4.69) is 5.32 Å². The van der Waals surface area contributed by atoms with Crippen LogP contribution in [0, 0.1) is 5.82 Å². The Balaban J connectivity index is 1.54. The van der Waals surface area contributed by atoms with Crippen molar-refractivity contribution in [3.8, 4) is 0 Å². The lowest BCUT2D eigenvalue weighted by Gasteiger charge is -2.21. The molecule has 1 fully saturated rings. The second-order valence-electron chi connectivity index (χ2n) is 8.12. The lowest BCUT2D eigenvalue weighted by molar-refractivity contribution is -0.147. The van der Waals surface area contributed by atoms with E-state index >= 15 is 0 Å². The summed E-state index contributed by atoms with van der Waals surface area (Å²) in [6.07, 6.45) is -0.153. The van der Waals surface area contributed by atoms with Crippen LogP contribution in [-0.2, 0) is 20.8 Å². The Hall–Kier alpha value is -3.56. The molecule has 2 amide bonds. The van der Waals surface area contributed by atoms with Crippen LogP contribution in [-0.4, -0.2) is 34.8 Å². The topological polar surface area (TPSA) is 117 Å².